The van der Waals surface area contributed by atoms with E-state index < -0.39 is 11.7 Å². The van der Waals surface area contributed by atoms with Gasteiger partial charge in [-0.2, -0.15) is 0 Å². The fraction of sp³-hybridized carbons (Fsp3) is 0.190. The molecule has 3 rings (SSSR count). The van der Waals surface area contributed by atoms with Crippen LogP contribution in [-0.2, 0) is 9.59 Å². The highest BCUT2D eigenvalue weighted by molar-refractivity contribution is 6.14. The van der Waals surface area contributed by atoms with E-state index in [0.29, 0.717) is 25.1 Å². The third-order valence-corrected chi connectivity index (χ3v) is 4.57. The van der Waals surface area contributed by atoms with Crippen LogP contribution in [0, 0.1) is 11.7 Å². The fourth-order valence-corrected chi connectivity index (χ4v) is 3.10. The molecule has 0 spiro atoms. The van der Waals surface area contributed by atoms with Crippen LogP contribution in [0.15, 0.2) is 61.2 Å². The molecule has 0 unspecified atom stereocenters. The predicted molar refractivity (Wildman–Crippen MR) is 99.8 cm³/mol. The minimum Gasteiger partial charge on any atom is -0.338 e. The highest BCUT2D eigenvalue weighted by Crippen LogP contribution is 2.24. The molecule has 2 aromatic carbocycles. The van der Waals surface area contributed by atoms with Crippen LogP contribution < -0.4 is 5.32 Å². The topological polar surface area (TPSA) is 66.5 Å². The maximum atomic E-state index is 13.7. The first kappa shape index (κ1) is 18.5. The van der Waals surface area contributed by atoms with Crippen molar-refractivity contribution >= 4 is 23.3 Å². The summed E-state index contributed by atoms with van der Waals surface area (Å²) in [6, 6.07) is 12.2. The van der Waals surface area contributed by atoms with Crippen molar-refractivity contribution in [1.29, 1.82) is 0 Å². The first-order chi connectivity index (χ1) is 13.0. The molecule has 1 N–H and O–H groups in total. The van der Waals surface area contributed by atoms with Crippen LogP contribution in [0.4, 0.5) is 10.1 Å². The fourth-order valence-electron chi connectivity index (χ4n) is 3.10. The van der Waals surface area contributed by atoms with Gasteiger partial charge in [-0.15, -0.1) is 0 Å². The van der Waals surface area contributed by atoms with Crippen LogP contribution in [0.3, 0.4) is 0 Å². The van der Waals surface area contributed by atoms with E-state index in [2.05, 4.69) is 11.9 Å². The van der Waals surface area contributed by atoms with Gasteiger partial charge in [-0.3, -0.25) is 14.4 Å². The number of likely N-dealkylation sites (tertiary alicyclic amines) is 1. The molecule has 1 fully saturated rings. The van der Waals surface area contributed by atoms with Gasteiger partial charge in [-0.25, -0.2) is 4.39 Å². The van der Waals surface area contributed by atoms with Crippen molar-refractivity contribution in [1.82, 2.24) is 4.90 Å². The highest BCUT2D eigenvalue weighted by Gasteiger charge is 2.30. The highest BCUT2D eigenvalue weighted by atomic mass is 19.1. The standard InChI is InChI=1S/C21H19FN2O3/c1-2-19(25)24-11-10-15(13-24)21(27)23-18-9-8-16(22)12-17(18)20(26)14-6-4-3-5-7-14/h2-9,12,15H,1,10-11,13H2,(H,23,27)/t15-/m1/s1. The number of hydrogen-bond acceptors (Lipinski definition) is 3. The Hall–Kier alpha value is -3.28. The van der Waals surface area contributed by atoms with Crippen molar-refractivity contribution in [2.75, 3.05) is 18.4 Å². The zero-order chi connectivity index (χ0) is 19.4. The number of rotatable bonds is 5. The quantitative estimate of drug-likeness (QED) is 0.653. The largest absolute Gasteiger partial charge is 0.338 e. The van der Waals surface area contributed by atoms with Gasteiger partial charge in [0, 0.05) is 24.2 Å². The number of anilines is 1. The molecule has 1 aliphatic heterocycles. The molecule has 0 saturated carbocycles. The minimum absolute atomic E-state index is 0.0894. The Kier molecular flexibility index (Phi) is 5.45. The Morgan fingerprint density at radius 3 is 2.59 bits per heavy atom. The zero-order valence-electron chi connectivity index (χ0n) is 14.7. The van der Waals surface area contributed by atoms with Gasteiger partial charge in [-0.05, 0) is 30.7 Å². The number of carbonyl (C=O) groups excluding carboxylic acids is 3. The van der Waals surface area contributed by atoms with E-state index in [0.717, 1.165) is 6.07 Å². The lowest BCUT2D eigenvalue weighted by Crippen LogP contribution is -2.30. The summed E-state index contributed by atoms with van der Waals surface area (Å²) in [5, 5.41) is 2.72. The van der Waals surface area contributed by atoms with Crippen LogP contribution in [0.25, 0.3) is 0 Å². The summed E-state index contributed by atoms with van der Waals surface area (Å²) in [5.74, 6) is -1.84. The van der Waals surface area contributed by atoms with Gasteiger partial charge < -0.3 is 10.2 Å². The molecule has 0 bridgehead atoms. The summed E-state index contributed by atoms with van der Waals surface area (Å²) in [6.45, 7) is 4.21. The molecular weight excluding hydrogens is 347 g/mol. The first-order valence-corrected chi connectivity index (χ1v) is 8.61. The van der Waals surface area contributed by atoms with Crippen molar-refractivity contribution in [3.8, 4) is 0 Å². The zero-order valence-corrected chi connectivity index (χ0v) is 14.7. The summed E-state index contributed by atoms with van der Waals surface area (Å²) < 4.78 is 13.7. The second kappa shape index (κ2) is 7.95. The Bertz CT molecular complexity index is 896. The lowest BCUT2D eigenvalue weighted by atomic mass is 10.0. The van der Waals surface area contributed by atoms with E-state index >= 15 is 0 Å². The van der Waals surface area contributed by atoms with Gasteiger partial charge in [0.2, 0.25) is 11.8 Å². The molecule has 0 aliphatic carbocycles. The number of nitrogens with zero attached hydrogens (tertiary/aromatic N) is 1. The van der Waals surface area contributed by atoms with Gasteiger partial charge in [0.15, 0.2) is 5.78 Å². The summed E-state index contributed by atoms with van der Waals surface area (Å²) in [5.41, 5.74) is 0.748. The molecule has 0 aromatic heterocycles. The first-order valence-electron chi connectivity index (χ1n) is 8.61. The Balaban J connectivity index is 1.79. The summed E-state index contributed by atoms with van der Waals surface area (Å²) in [7, 11) is 0. The number of carbonyl (C=O) groups is 3. The van der Waals surface area contributed by atoms with E-state index in [1.807, 2.05) is 0 Å². The second-order valence-electron chi connectivity index (χ2n) is 6.35. The molecule has 0 radical (unpaired) electrons. The van der Waals surface area contributed by atoms with E-state index in [1.165, 1.54) is 18.2 Å². The molecule has 2 amide bonds. The van der Waals surface area contributed by atoms with Crippen LogP contribution in [0.5, 0.6) is 0 Å². The minimum atomic E-state index is -0.559. The van der Waals surface area contributed by atoms with E-state index in [9.17, 15) is 18.8 Å². The molecule has 1 heterocycles. The lowest BCUT2D eigenvalue weighted by Gasteiger charge is -2.15. The van der Waals surface area contributed by atoms with Crippen LogP contribution in [0.1, 0.15) is 22.3 Å². The van der Waals surface area contributed by atoms with Crippen LogP contribution >= 0.6 is 0 Å². The van der Waals surface area contributed by atoms with E-state index in [4.69, 9.17) is 0 Å². The Labute approximate surface area is 156 Å². The van der Waals surface area contributed by atoms with E-state index in [-0.39, 0.29) is 28.8 Å². The van der Waals surface area contributed by atoms with Gasteiger partial charge in [0.05, 0.1) is 11.6 Å². The SMILES string of the molecule is C=CC(=O)N1CC[C@@H](C(=O)Nc2ccc(F)cc2C(=O)c2ccccc2)C1. The average molecular weight is 366 g/mol. The lowest BCUT2D eigenvalue weighted by molar-refractivity contribution is -0.125. The number of amides is 2. The molecule has 1 saturated heterocycles. The van der Waals surface area contributed by atoms with Crippen LogP contribution in [0.2, 0.25) is 0 Å². The third kappa shape index (κ3) is 4.11. The summed E-state index contributed by atoms with van der Waals surface area (Å²) in [4.78, 5) is 38.5. The monoisotopic (exact) mass is 366 g/mol. The maximum absolute atomic E-state index is 13.7. The van der Waals surface area contributed by atoms with Crippen molar-refractivity contribution in [3.63, 3.8) is 0 Å². The molecule has 1 atom stereocenters. The molecule has 2 aromatic rings. The van der Waals surface area contributed by atoms with Gasteiger partial charge in [0.25, 0.3) is 0 Å². The predicted octanol–water partition coefficient (Wildman–Crippen LogP) is 3.03. The molecular formula is C21H19FN2O3. The maximum Gasteiger partial charge on any atom is 0.245 e. The molecule has 138 valence electrons. The number of hydrogen-bond donors (Lipinski definition) is 1. The summed E-state index contributed by atoms with van der Waals surface area (Å²) >= 11 is 0. The van der Waals surface area contributed by atoms with E-state index in [1.54, 1.807) is 35.2 Å². The van der Waals surface area contributed by atoms with Crippen molar-refractivity contribution in [2.24, 2.45) is 5.92 Å². The van der Waals surface area contributed by atoms with Crippen LogP contribution in [-0.4, -0.2) is 35.6 Å². The molecule has 5 nitrogen and oxygen atoms in total. The van der Waals surface area contributed by atoms with Crippen molar-refractivity contribution < 1.29 is 18.8 Å². The number of halogens is 1. The summed E-state index contributed by atoms with van der Waals surface area (Å²) in [6.07, 6.45) is 1.74. The molecule has 6 heteroatoms. The number of ketones is 1. The Morgan fingerprint density at radius 1 is 1.15 bits per heavy atom. The Morgan fingerprint density at radius 2 is 1.89 bits per heavy atom. The number of nitrogens with one attached hydrogen (secondary N) is 1. The van der Waals surface area contributed by atoms with Crippen molar-refractivity contribution in [3.05, 3.63) is 78.1 Å². The molecule has 1 aliphatic rings. The van der Waals surface area contributed by atoms with Crippen molar-refractivity contribution in [2.45, 2.75) is 6.42 Å². The van der Waals surface area contributed by atoms with Gasteiger partial charge in [0.1, 0.15) is 5.82 Å². The third-order valence-electron chi connectivity index (χ3n) is 4.57. The second-order valence-corrected chi connectivity index (χ2v) is 6.35. The average Bonchev–Trinajstić information content (AvgIpc) is 3.19. The number of benzene rings is 2. The van der Waals surface area contributed by atoms with Gasteiger partial charge >= 0.3 is 0 Å². The van der Waals surface area contributed by atoms with Gasteiger partial charge in [-0.1, -0.05) is 36.9 Å². The smallest absolute Gasteiger partial charge is 0.245 e. The normalized spacial score (nSPS) is 16.0. The molecule has 27 heavy (non-hydrogen) atoms.